The molecular formula is C19H29FN2O5. The van der Waals surface area contributed by atoms with Crippen LogP contribution in [0.2, 0.25) is 0 Å². The number of fused-ring (bicyclic) bond motifs is 1. The van der Waals surface area contributed by atoms with Crippen LogP contribution in [0, 0.1) is 5.95 Å². The lowest BCUT2D eigenvalue weighted by molar-refractivity contribution is -0.121. The molecule has 2 fully saturated rings. The van der Waals surface area contributed by atoms with Crippen LogP contribution in [-0.4, -0.2) is 80.0 Å². The Labute approximate surface area is 158 Å². The number of halogens is 1. The van der Waals surface area contributed by atoms with Crippen LogP contribution in [0.5, 0.6) is 5.75 Å². The van der Waals surface area contributed by atoms with Gasteiger partial charge in [-0.3, -0.25) is 4.90 Å². The normalized spacial score (nSPS) is 34.9. The topological polar surface area (TPSA) is 106 Å². The first-order valence-electron chi connectivity index (χ1n) is 9.73. The number of aliphatic hydroxyl groups is 4. The van der Waals surface area contributed by atoms with Gasteiger partial charge in [-0.2, -0.15) is 4.39 Å². The molecule has 0 spiro atoms. The maximum Gasteiger partial charge on any atom is 0.255 e. The summed E-state index contributed by atoms with van der Waals surface area (Å²) in [5.41, 5.74) is 0. The molecule has 4 N–H and O–H groups in total. The lowest BCUT2D eigenvalue weighted by Crippen LogP contribution is -2.53. The summed E-state index contributed by atoms with van der Waals surface area (Å²) in [6.45, 7) is 1.21. The van der Waals surface area contributed by atoms with Crippen LogP contribution in [0.1, 0.15) is 38.5 Å². The number of ether oxygens (including phenoxy) is 1. The Hall–Kier alpha value is -1.32. The van der Waals surface area contributed by atoms with Crippen LogP contribution in [0.25, 0.3) is 0 Å². The third-order valence-corrected chi connectivity index (χ3v) is 5.57. The minimum Gasteiger partial charge on any atom is -0.489 e. The molecule has 1 aliphatic heterocycles. The van der Waals surface area contributed by atoms with Gasteiger partial charge in [-0.1, -0.05) is 25.7 Å². The Morgan fingerprint density at radius 3 is 2.11 bits per heavy atom. The van der Waals surface area contributed by atoms with Gasteiger partial charge in [0.1, 0.15) is 12.2 Å². The van der Waals surface area contributed by atoms with Gasteiger partial charge in [-0.25, -0.2) is 4.98 Å². The number of unbranched alkanes of at least 4 members (excludes halogenated alkanes) is 5. The van der Waals surface area contributed by atoms with Crippen LogP contribution < -0.4 is 4.74 Å². The molecule has 0 bridgehead atoms. The molecule has 2 aliphatic rings. The van der Waals surface area contributed by atoms with Crippen LogP contribution in [0.4, 0.5) is 4.39 Å². The molecule has 0 aromatic carbocycles. The number of likely N-dealkylation sites (tertiary alicyclic amines) is 1. The Morgan fingerprint density at radius 2 is 1.48 bits per heavy atom. The fourth-order valence-corrected chi connectivity index (χ4v) is 3.99. The lowest BCUT2D eigenvalue weighted by Gasteiger charge is -2.30. The lowest BCUT2D eigenvalue weighted by atomic mass is 9.90. The van der Waals surface area contributed by atoms with E-state index in [-0.39, 0.29) is 17.8 Å². The third kappa shape index (κ3) is 4.75. The zero-order chi connectivity index (χ0) is 19.4. The first kappa shape index (κ1) is 20.4. The standard InChI is InChI=1S/C19H29FN2O5/c20-19-12(8-7-9-21-19)27-11-6-4-2-1-3-5-10-22-13-14(22)16(24)18(26)17(25)15(13)23/h7-9,13-18,23-26H,1-6,10-11H2/t13-,14+,15-,16-,17+,18+,22?/m1/s1. The number of nitrogens with zero attached hydrogens (tertiary/aromatic N) is 2. The van der Waals surface area contributed by atoms with Crippen molar-refractivity contribution < 1.29 is 29.6 Å². The average molecular weight is 384 g/mol. The second kappa shape index (κ2) is 9.25. The largest absolute Gasteiger partial charge is 0.489 e. The summed E-state index contributed by atoms with van der Waals surface area (Å²) in [5.74, 6) is -0.388. The van der Waals surface area contributed by atoms with E-state index < -0.39 is 30.4 Å². The van der Waals surface area contributed by atoms with Crippen molar-refractivity contribution in [1.82, 2.24) is 9.88 Å². The molecular weight excluding hydrogens is 355 g/mol. The predicted octanol–water partition coefficient (Wildman–Crippen LogP) is 0.450. The molecule has 0 radical (unpaired) electrons. The summed E-state index contributed by atoms with van der Waals surface area (Å²) in [6, 6.07) is 2.72. The highest BCUT2D eigenvalue weighted by Crippen LogP contribution is 2.41. The fourth-order valence-electron chi connectivity index (χ4n) is 3.99. The molecule has 1 aromatic rings. The van der Waals surface area contributed by atoms with Crippen molar-refractivity contribution in [3.8, 4) is 5.75 Å². The Balaban J connectivity index is 1.21. The van der Waals surface area contributed by atoms with Gasteiger partial charge in [0.15, 0.2) is 5.75 Å². The summed E-state index contributed by atoms with van der Waals surface area (Å²) < 4.78 is 18.6. The van der Waals surface area contributed by atoms with Crippen molar-refractivity contribution >= 4 is 0 Å². The molecule has 1 aromatic heterocycles. The smallest absolute Gasteiger partial charge is 0.255 e. The van der Waals surface area contributed by atoms with Crippen LogP contribution in [0.3, 0.4) is 0 Å². The molecule has 7 nitrogen and oxygen atoms in total. The van der Waals surface area contributed by atoms with Gasteiger partial charge in [0.05, 0.1) is 30.9 Å². The summed E-state index contributed by atoms with van der Waals surface area (Å²) >= 11 is 0. The molecule has 1 saturated carbocycles. The van der Waals surface area contributed by atoms with Gasteiger partial charge in [0, 0.05) is 6.20 Å². The van der Waals surface area contributed by atoms with Crippen LogP contribution in [-0.2, 0) is 0 Å². The van der Waals surface area contributed by atoms with Crippen molar-refractivity contribution in [2.24, 2.45) is 0 Å². The molecule has 152 valence electrons. The van der Waals surface area contributed by atoms with Gasteiger partial charge >= 0.3 is 0 Å². The zero-order valence-corrected chi connectivity index (χ0v) is 15.3. The first-order valence-corrected chi connectivity index (χ1v) is 9.73. The van der Waals surface area contributed by atoms with E-state index in [2.05, 4.69) is 4.98 Å². The number of aliphatic hydroxyl groups excluding tert-OH is 4. The molecule has 7 atom stereocenters. The van der Waals surface area contributed by atoms with E-state index >= 15 is 0 Å². The summed E-state index contributed by atoms with van der Waals surface area (Å²) in [4.78, 5) is 5.50. The van der Waals surface area contributed by atoms with Crippen molar-refractivity contribution in [3.63, 3.8) is 0 Å². The third-order valence-electron chi connectivity index (χ3n) is 5.57. The molecule has 8 heteroatoms. The number of aromatic nitrogens is 1. The molecule has 1 saturated heterocycles. The highest BCUT2D eigenvalue weighted by molar-refractivity contribution is 5.18. The second-order valence-electron chi connectivity index (χ2n) is 7.44. The molecule has 2 heterocycles. The van der Waals surface area contributed by atoms with E-state index in [1.807, 2.05) is 4.90 Å². The van der Waals surface area contributed by atoms with E-state index in [0.717, 1.165) is 45.1 Å². The van der Waals surface area contributed by atoms with E-state index in [9.17, 15) is 24.8 Å². The minimum absolute atomic E-state index is 0.192. The van der Waals surface area contributed by atoms with Gasteiger partial charge in [-0.05, 0) is 31.5 Å². The maximum absolute atomic E-state index is 13.3. The molecule has 0 amide bonds. The van der Waals surface area contributed by atoms with Gasteiger partial charge in [0.25, 0.3) is 5.95 Å². The molecule has 3 rings (SSSR count). The van der Waals surface area contributed by atoms with E-state index in [1.54, 1.807) is 12.1 Å². The predicted molar refractivity (Wildman–Crippen MR) is 95.7 cm³/mol. The van der Waals surface area contributed by atoms with Gasteiger partial charge in [-0.15, -0.1) is 0 Å². The Bertz CT molecular complexity index is 587. The fraction of sp³-hybridized carbons (Fsp3) is 0.737. The number of pyridine rings is 1. The summed E-state index contributed by atoms with van der Waals surface area (Å²) in [6.07, 6.45) is 2.79. The second-order valence-corrected chi connectivity index (χ2v) is 7.44. The van der Waals surface area contributed by atoms with Crippen molar-refractivity contribution in [2.45, 2.75) is 75.0 Å². The van der Waals surface area contributed by atoms with E-state index in [4.69, 9.17) is 4.74 Å². The first-order chi connectivity index (χ1) is 13.0. The van der Waals surface area contributed by atoms with Crippen molar-refractivity contribution in [1.29, 1.82) is 0 Å². The molecule has 27 heavy (non-hydrogen) atoms. The molecule has 1 unspecified atom stereocenters. The highest BCUT2D eigenvalue weighted by Gasteiger charge is 2.63. The number of hydrogen-bond donors (Lipinski definition) is 4. The van der Waals surface area contributed by atoms with Crippen LogP contribution >= 0.6 is 0 Å². The average Bonchev–Trinajstić information content (AvgIpc) is 3.39. The summed E-state index contributed by atoms with van der Waals surface area (Å²) in [5, 5.41) is 39.4. The number of rotatable bonds is 10. The van der Waals surface area contributed by atoms with Crippen LogP contribution in [0.15, 0.2) is 18.3 Å². The maximum atomic E-state index is 13.3. The highest BCUT2D eigenvalue weighted by atomic mass is 19.1. The van der Waals surface area contributed by atoms with E-state index in [0.29, 0.717) is 6.61 Å². The quantitative estimate of drug-likeness (QED) is 0.264. The van der Waals surface area contributed by atoms with Gasteiger partial charge < -0.3 is 25.2 Å². The monoisotopic (exact) mass is 384 g/mol. The SMILES string of the molecule is O[C@@H]1[C@@H](O)[C@H](O)[C@H]2[C@@H]([C@H]1O)N2CCCCCCCCOc1cccnc1F. The Kier molecular flexibility index (Phi) is 6.99. The zero-order valence-electron chi connectivity index (χ0n) is 15.3. The van der Waals surface area contributed by atoms with E-state index in [1.165, 1.54) is 6.20 Å². The summed E-state index contributed by atoms with van der Waals surface area (Å²) in [7, 11) is 0. The number of hydrogen-bond acceptors (Lipinski definition) is 7. The van der Waals surface area contributed by atoms with Crippen molar-refractivity contribution in [2.75, 3.05) is 13.2 Å². The minimum atomic E-state index is -1.28. The Morgan fingerprint density at radius 1 is 0.889 bits per heavy atom. The molecule has 1 aliphatic carbocycles. The van der Waals surface area contributed by atoms with Gasteiger partial charge in [0.2, 0.25) is 0 Å². The van der Waals surface area contributed by atoms with Crippen molar-refractivity contribution in [3.05, 3.63) is 24.3 Å².